The number of phosphoric ester groups is 1. The zero-order valence-corrected chi connectivity index (χ0v) is 77.9. The van der Waals surface area contributed by atoms with Crippen LogP contribution in [0, 0.1) is 0 Å². The van der Waals surface area contributed by atoms with E-state index >= 15 is 4.79 Å². The molecule has 24 heteroatoms. The predicted molar refractivity (Wildman–Crippen MR) is 478 cm³/mol. The third-order valence-electron chi connectivity index (χ3n) is 24.0. The minimum absolute atomic E-state index is 0.130. The first-order valence-electron chi connectivity index (χ1n) is 49.9. The summed E-state index contributed by atoms with van der Waals surface area (Å²) < 4.78 is 62.4. The van der Waals surface area contributed by atoms with Crippen molar-refractivity contribution in [1.82, 2.24) is 10.6 Å². The van der Waals surface area contributed by atoms with Gasteiger partial charge < -0.3 is 74.0 Å². The highest BCUT2D eigenvalue weighted by Gasteiger charge is 2.53. The van der Waals surface area contributed by atoms with Crippen molar-refractivity contribution in [1.29, 1.82) is 0 Å². The van der Waals surface area contributed by atoms with Crippen molar-refractivity contribution in [2.45, 2.75) is 564 Å². The van der Waals surface area contributed by atoms with Gasteiger partial charge in [-0.25, -0.2) is 4.57 Å². The molecule has 2 amide bonds. The summed E-state index contributed by atoms with van der Waals surface area (Å²) in [5.74, 6) is -4.14. The fourth-order valence-electron chi connectivity index (χ4n) is 16.7. The maximum Gasteiger partial charge on any atom is 0.470 e. The quantitative estimate of drug-likeness (QED) is 0.0121. The Bertz CT molecular complexity index is 2510. The number of hydrogen-bond donors (Lipinski definition) is 8. The average Bonchev–Trinajstić information content (AvgIpc) is 0.777. The highest BCUT2D eigenvalue weighted by molar-refractivity contribution is 7.46. The SMILES string of the molecule is CCCCCCCCCCCCCC(=O)O[C@H](CCCCCCCCCCC)CC(=O)NC1[C@H](OCC2C[C@H](OC(=O)C[C@H](O)CCCCCCCCCCC)C(NC(=O)C[C@H](O)CCCCCCCCCCC)[C@@H](O)O2)OC(CO)[C@@H](OP(=O)(O)O)[C@@H]1OC(=O)C[C@@H](CCCCCCCCCCC)OC(=O)CCCCCCCCCCCCC. The number of phosphoric acid groups is 1. The molecule has 23 nitrogen and oxygen atoms in total. The van der Waals surface area contributed by atoms with E-state index in [1.165, 1.54) is 154 Å². The number of unbranched alkanes of at least 4 members (excludes halogenated alkanes) is 52. The van der Waals surface area contributed by atoms with Gasteiger partial charge in [0.1, 0.15) is 42.6 Å². The summed E-state index contributed by atoms with van der Waals surface area (Å²) in [6.45, 7) is 11.6. The Kier molecular flexibility index (Phi) is 72.2. The second-order valence-corrected chi connectivity index (χ2v) is 36.8. The molecule has 0 aromatic carbocycles. The van der Waals surface area contributed by atoms with Gasteiger partial charge in [0, 0.05) is 19.3 Å². The molecule has 2 heterocycles. The van der Waals surface area contributed by atoms with Gasteiger partial charge in [0.15, 0.2) is 18.7 Å². The van der Waals surface area contributed by atoms with Crippen LogP contribution in [0.1, 0.15) is 485 Å². The number of aliphatic hydroxyl groups is 4. The minimum Gasteiger partial charge on any atom is -0.462 e. The van der Waals surface area contributed by atoms with E-state index in [1.54, 1.807) is 0 Å². The molecule has 0 saturated carbocycles. The molecule has 2 rings (SSSR count). The van der Waals surface area contributed by atoms with Crippen LogP contribution in [0.5, 0.6) is 0 Å². The fourth-order valence-corrected chi connectivity index (χ4v) is 17.3. The van der Waals surface area contributed by atoms with Crippen molar-refractivity contribution < 1.29 is 101 Å². The zero-order valence-electron chi connectivity index (χ0n) is 77.0. The molecule has 2 saturated heterocycles. The third kappa shape index (κ3) is 61.9. The van der Waals surface area contributed by atoms with Gasteiger partial charge >= 0.3 is 31.7 Å². The molecule has 2 fully saturated rings. The number of carbonyl (C=O) groups is 6. The summed E-state index contributed by atoms with van der Waals surface area (Å²) in [7, 11) is -5.58. The molecule has 2 aliphatic rings. The van der Waals surface area contributed by atoms with E-state index in [4.69, 9.17) is 37.7 Å². The van der Waals surface area contributed by atoms with Gasteiger partial charge in [-0.05, 0) is 51.4 Å². The number of ether oxygens (including phenoxy) is 7. The van der Waals surface area contributed by atoms with Crippen molar-refractivity contribution in [3.05, 3.63) is 0 Å². The van der Waals surface area contributed by atoms with E-state index in [0.29, 0.717) is 64.2 Å². The second kappa shape index (κ2) is 76.8. The zero-order chi connectivity index (χ0) is 87.7. The largest absolute Gasteiger partial charge is 0.470 e. The topological polar surface area (TPSA) is 339 Å². The van der Waals surface area contributed by atoms with Crippen molar-refractivity contribution in [2.24, 2.45) is 0 Å². The lowest BCUT2D eigenvalue weighted by molar-refractivity contribution is -0.287. The number of aliphatic hydroxyl groups excluding tert-OH is 4. The Morgan fingerprint density at radius 1 is 0.375 bits per heavy atom. The Morgan fingerprint density at radius 3 is 1.06 bits per heavy atom. The highest BCUT2D eigenvalue weighted by Crippen LogP contribution is 2.43. The lowest BCUT2D eigenvalue weighted by Crippen LogP contribution is -2.66. The Morgan fingerprint density at radius 2 is 0.692 bits per heavy atom. The van der Waals surface area contributed by atoms with Crippen LogP contribution in [-0.4, -0.2) is 159 Å². The molecule has 0 radical (unpaired) electrons. The van der Waals surface area contributed by atoms with Crippen molar-refractivity contribution in [3.8, 4) is 0 Å². The van der Waals surface area contributed by atoms with E-state index in [0.717, 1.165) is 180 Å². The van der Waals surface area contributed by atoms with Crippen molar-refractivity contribution >= 4 is 43.5 Å². The summed E-state index contributed by atoms with van der Waals surface area (Å²) in [4.78, 5) is 107. The van der Waals surface area contributed by atoms with Crippen LogP contribution in [0.3, 0.4) is 0 Å². The maximum atomic E-state index is 15.1. The first-order valence-corrected chi connectivity index (χ1v) is 51.4. The van der Waals surface area contributed by atoms with Gasteiger partial charge in [0.2, 0.25) is 11.8 Å². The van der Waals surface area contributed by atoms with Crippen LogP contribution in [-0.2, 0) is 71.0 Å². The molecule has 13 atom stereocenters. The Labute approximate surface area is 729 Å². The predicted octanol–water partition coefficient (Wildman–Crippen LogP) is 22.3. The van der Waals surface area contributed by atoms with E-state index in [1.807, 2.05) is 0 Å². The standard InChI is InChI=1S/C96H181N2O21P/c1-7-13-19-25-31-37-39-45-51-57-63-69-87(104)113-80(67-61-55-49-43-35-29-23-17-11-5)74-86(103)98-92-94(118-90(107)75-81(68-62-56-50-44-36-30-24-18-12-6)114-88(105)70-64-58-52-46-40-38-32-26-20-14-8-2)93(119-120(109,110)111)84(76-99)117-96(92)112-77-82-73-83(116-89(106)72-79(101)66-60-54-48-42-34-28-22-16-10-4)91(95(108)115-82)97-85(102)71-78(100)65-59-53-47-41-33-27-21-15-9-3/h78-84,91-96,99-101,108H,7-77H2,1-6H3,(H,97,102)(H,98,103)(H2,109,110,111)/t78-,79-,80-,81-,82?,83+,84?,91?,92?,93-,94-,95+,96-/m1/s1. The van der Waals surface area contributed by atoms with Gasteiger partial charge in [0.05, 0.1) is 57.2 Å². The molecular weight excluding hydrogens is 1550 g/mol. The third-order valence-corrected chi connectivity index (χ3v) is 24.5. The first-order chi connectivity index (χ1) is 58.2. The lowest BCUT2D eigenvalue weighted by atomic mass is 9.95. The van der Waals surface area contributed by atoms with Crippen LogP contribution in [0.25, 0.3) is 0 Å². The first kappa shape index (κ1) is 113. The van der Waals surface area contributed by atoms with Gasteiger partial charge in [0.25, 0.3) is 0 Å². The van der Waals surface area contributed by atoms with Gasteiger partial charge in [-0.1, -0.05) is 388 Å². The number of carbonyl (C=O) groups excluding carboxylic acids is 6. The molecule has 8 N–H and O–H groups in total. The number of rotatable bonds is 84. The van der Waals surface area contributed by atoms with Crippen molar-refractivity contribution in [3.63, 3.8) is 0 Å². The number of nitrogens with one attached hydrogen (secondary N) is 2. The Balaban J connectivity index is 2.69. The molecular formula is C96H181N2O21P. The van der Waals surface area contributed by atoms with E-state index in [2.05, 4.69) is 52.2 Å². The normalized spacial score (nSPS) is 19.8. The molecule has 2 aliphatic heterocycles. The van der Waals surface area contributed by atoms with Crippen LogP contribution in [0.15, 0.2) is 0 Å². The number of esters is 4. The van der Waals surface area contributed by atoms with Gasteiger partial charge in [-0.15, -0.1) is 0 Å². The molecule has 120 heavy (non-hydrogen) atoms. The molecule has 0 bridgehead atoms. The summed E-state index contributed by atoms with van der Waals surface area (Å²) in [5, 5.41) is 51.0. The van der Waals surface area contributed by atoms with Crippen LogP contribution < -0.4 is 10.6 Å². The monoisotopic (exact) mass is 1730 g/mol. The van der Waals surface area contributed by atoms with Crippen LogP contribution >= 0.6 is 7.82 Å². The average molecular weight is 1730 g/mol. The van der Waals surface area contributed by atoms with Crippen LogP contribution in [0.2, 0.25) is 0 Å². The molecule has 0 aromatic heterocycles. The summed E-state index contributed by atoms with van der Waals surface area (Å²) >= 11 is 0. The highest BCUT2D eigenvalue weighted by atomic mass is 31.2. The van der Waals surface area contributed by atoms with Gasteiger partial charge in [-0.2, -0.15) is 0 Å². The van der Waals surface area contributed by atoms with Crippen molar-refractivity contribution in [2.75, 3.05) is 13.2 Å². The van der Waals surface area contributed by atoms with E-state index < -0.39 is 149 Å². The van der Waals surface area contributed by atoms with Crippen LogP contribution in [0.4, 0.5) is 0 Å². The number of amides is 2. The van der Waals surface area contributed by atoms with Gasteiger partial charge in [-0.3, -0.25) is 33.3 Å². The Hall–Kier alpha value is -3.35. The molecule has 0 spiro atoms. The molecule has 706 valence electrons. The summed E-state index contributed by atoms with van der Waals surface area (Å²) in [6.07, 6.45) is 45.6. The molecule has 4 unspecified atom stereocenters. The molecule has 0 aliphatic carbocycles. The van der Waals surface area contributed by atoms with E-state index in [-0.39, 0.29) is 32.1 Å². The smallest absolute Gasteiger partial charge is 0.462 e. The lowest BCUT2D eigenvalue weighted by Gasteiger charge is -2.46. The maximum absolute atomic E-state index is 15.1. The van der Waals surface area contributed by atoms with E-state index in [9.17, 15) is 58.8 Å². The number of hydrogen-bond acceptors (Lipinski definition) is 19. The summed E-state index contributed by atoms with van der Waals surface area (Å²) in [6, 6.07) is -3.10. The second-order valence-electron chi connectivity index (χ2n) is 35.6. The fraction of sp³-hybridized carbons (Fsp3) is 0.938. The summed E-state index contributed by atoms with van der Waals surface area (Å²) in [5.41, 5.74) is 0. The minimum atomic E-state index is -5.58. The molecule has 0 aromatic rings.